The van der Waals surface area contributed by atoms with E-state index in [9.17, 15) is 0 Å². The number of hydrogen-bond donors (Lipinski definition) is 3. The lowest BCUT2D eigenvalue weighted by Gasteiger charge is -2.40. The Morgan fingerprint density at radius 2 is 1.79 bits per heavy atom. The molecule has 2 fully saturated rings. The molecule has 2 saturated heterocycles. The summed E-state index contributed by atoms with van der Waals surface area (Å²) < 4.78 is 8.59. The normalized spacial score (nSPS) is 15.3. The summed E-state index contributed by atoms with van der Waals surface area (Å²) in [4.78, 5) is 14.6. The quantitative estimate of drug-likeness (QED) is 0.140. The summed E-state index contributed by atoms with van der Waals surface area (Å²) in [6.07, 6.45) is 5.76. The summed E-state index contributed by atoms with van der Waals surface area (Å²) in [5.74, 6) is 2.67. The van der Waals surface area contributed by atoms with Crippen molar-refractivity contribution in [3.63, 3.8) is 0 Å². The average molecular weight is 751 g/mol. The van der Waals surface area contributed by atoms with Gasteiger partial charge in [0.05, 0.1) is 23.5 Å². The van der Waals surface area contributed by atoms with Crippen molar-refractivity contribution in [3.8, 4) is 16.9 Å². The second-order valence-electron chi connectivity index (χ2n) is 12.5. The van der Waals surface area contributed by atoms with Gasteiger partial charge < -0.3 is 25.6 Å². The first-order valence-corrected chi connectivity index (χ1v) is 19.0. The van der Waals surface area contributed by atoms with E-state index < -0.39 is 0 Å². The monoisotopic (exact) mass is 749 g/mol. The maximum atomic E-state index is 5.97. The van der Waals surface area contributed by atoms with E-state index in [-0.39, 0.29) is 20.3 Å². The van der Waals surface area contributed by atoms with E-state index in [4.69, 9.17) is 9.72 Å². The molecule has 0 amide bonds. The van der Waals surface area contributed by atoms with Gasteiger partial charge in [-0.15, -0.1) is 12.4 Å². The number of nitrogens with one attached hydrogen (secondary N) is 3. The molecule has 2 aliphatic heterocycles. The van der Waals surface area contributed by atoms with Crippen LogP contribution in [0.15, 0.2) is 71.6 Å². The highest BCUT2D eigenvalue weighted by Crippen LogP contribution is 2.41. The van der Waals surface area contributed by atoms with Crippen LogP contribution < -0.4 is 30.9 Å². The Balaban J connectivity index is 0.00000401. The van der Waals surface area contributed by atoms with E-state index in [0.29, 0.717) is 11.8 Å². The molecule has 0 aliphatic carbocycles. The van der Waals surface area contributed by atoms with Crippen molar-refractivity contribution in [3.05, 3.63) is 71.6 Å². The third-order valence-corrected chi connectivity index (χ3v) is 11.0. The van der Waals surface area contributed by atoms with Crippen molar-refractivity contribution in [1.29, 1.82) is 0 Å². The molecule has 0 atom stereocenters. The Hall–Kier alpha value is -3.47. The maximum absolute atomic E-state index is 5.97. The molecule has 0 saturated carbocycles. The summed E-state index contributed by atoms with van der Waals surface area (Å²) in [5, 5.41) is 18.8. The Morgan fingerprint density at radius 3 is 2.48 bits per heavy atom. The van der Waals surface area contributed by atoms with Gasteiger partial charge in [-0.25, -0.2) is 4.98 Å². The van der Waals surface area contributed by atoms with Crippen molar-refractivity contribution < 1.29 is 4.74 Å². The number of aromatic nitrogens is 4. The Labute approximate surface area is 298 Å². The van der Waals surface area contributed by atoms with E-state index in [0.717, 1.165) is 83.6 Å². The molecule has 10 nitrogen and oxygen atoms in total. The predicted octanol–water partition coefficient (Wildman–Crippen LogP) is 6.42. The van der Waals surface area contributed by atoms with Gasteiger partial charge in [0.15, 0.2) is 0 Å². The standard InChI is InChI=1S/C35H41BrN9OP.ClH/c1-43-22-25(19-39-43)27-15-30(32(46-2)16-31(27)45-13-11-44(12-14-45)21-23-17-37-18-23)41-35-38-20-28(36)34(42-35)40-29-10-9-24-7-5-6-8-26(24)33(29)47(3)4;/h5-10,15-16,19-20,22-23,37H,11-14,17-18,21H2,1-4H3,(H2,38,40,41,42);1H. The van der Waals surface area contributed by atoms with Crippen LogP contribution in [0.4, 0.5) is 28.8 Å². The zero-order valence-corrected chi connectivity index (χ0v) is 31.0. The van der Waals surface area contributed by atoms with Crippen LogP contribution in [0.25, 0.3) is 21.9 Å². The first-order valence-electron chi connectivity index (χ1n) is 16.0. The van der Waals surface area contributed by atoms with Crippen molar-refractivity contribution in [2.75, 3.05) is 81.8 Å². The molecule has 0 radical (unpaired) electrons. The van der Waals surface area contributed by atoms with E-state index >= 15 is 0 Å². The third-order valence-electron chi connectivity index (χ3n) is 9.02. The second-order valence-corrected chi connectivity index (χ2v) is 15.6. The minimum absolute atomic E-state index is 0. The Bertz CT molecular complexity index is 1890. The van der Waals surface area contributed by atoms with Gasteiger partial charge in [-0.05, 0) is 58.1 Å². The van der Waals surface area contributed by atoms with E-state index in [2.05, 4.69) is 120 Å². The summed E-state index contributed by atoms with van der Waals surface area (Å²) >= 11 is 3.68. The lowest BCUT2D eigenvalue weighted by molar-refractivity contribution is 0.184. The molecule has 2 aliphatic rings. The van der Waals surface area contributed by atoms with Crippen LogP contribution >= 0.6 is 36.3 Å². The molecule has 0 unspecified atom stereocenters. The van der Waals surface area contributed by atoms with Gasteiger partial charge in [-0.1, -0.05) is 38.3 Å². The fourth-order valence-electron chi connectivity index (χ4n) is 6.50. The fourth-order valence-corrected chi connectivity index (χ4v) is 8.09. The number of benzene rings is 3. The summed E-state index contributed by atoms with van der Waals surface area (Å²) in [6.45, 7) is 12.0. The van der Waals surface area contributed by atoms with Crippen molar-refractivity contribution in [2.24, 2.45) is 13.0 Å². The Kier molecular flexibility index (Phi) is 10.7. The smallest absolute Gasteiger partial charge is 0.229 e. The average Bonchev–Trinajstić information content (AvgIpc) is 3.50. The minimum atomic E-state index is -0.383. The van der Waals surface area contributed by atoms with E-state index in [1.807, 2.05) is 17.9 Å². The SMILES string of the molecule is COc1cc(N2CCN(CC3CNC3)CC2)c(-c2cnn(C)c2)cc1Nc1ncc(Br)c(Nc2ccc3ccccc3c2P(C)C)n1.Cl. The molecule has 13 heteroatoms. The molecule has 0 spiro atoms. The highest BCUT2D eigenvalue weighted by Gasteiger charge is 2.26. The molecule has 48 heavy (non-hydrogen) atoms. The first kappa shape index (κ1) is 34.4. The number of hydrogen-bond acceptors (Lipinski definition) is 9. The molecule has 4 heterocycles. The predicted molar refractivity (Wildman–Crippen MR) is 206 cm³/mol. The lowest BCUT2D eigenvalue weighted by Crippen LogP contribution is -2.53. The molecule has 7 rings (SSSR count). The summed E-state index contributed by atoms with van der Waals surface area (Å²) in [5.41, 5.74) is 5.12. The lowest BCUT2D eigenvalue weighted by atomic mass is 10.0. The molecular weight excluding hydrogens is 709 g/mol. The topological polar surface area (TPSA) is 95.4 Å². The van der Waals surface area contributed by atoms with Crippen LogP contribution in [-0.2, 0) is 7.05 Å². The fraction of sp³-hybridized carbons (Fsp3) is 0.343. The van der Waals surface area contributed by atoms with Gasteiger partial charge in [0, 0.05) is 99.1 Å². The number of methoxy groups -OCH3 is 1. The third kappa shape index (κ3) is 7.26. The van der Waals surface area contributed by atoms with Gasteiger partial charge >= 0.3 is 0 Å². The van der Waals surface area contributed by atoms with Crippen LogP contribution in [-0.4, -0.2) is 90.9 Å². The highest BCUT2D eigenvalue weighted by atomic mass is 79.9. The van der Waals surface area contributed by atoms with E-state index in [1.165, 1.54) is 22.6 Å². The van der Waals surface area contributed by atoms with Crippen molar-refractivity contribution in [1.82, 2.24) is 30.0 Å². The first-order chi connectivity index (χ1) is 22.9. The van der Waals surface area contributed by atoms with Gasteiger partial charge in [0.25, 0.3) is 0 Å². The number of anilines is 5. The Morgan fingerprint density at radius 1 is 1.00 bits per heavy atom. The van der Waals surface area contributed by atoms with Gasteiger partial charge in [0.1, 0.15) is 11.6 Å². The highest BCUT2D eigenvalue weighted by molar-refractivity contribution is 9.10. The minimum Gasteiger partial charge on any atom is -0.494 e. The zero-order valence-electron chi connectivity index (χ0n) is 27.7. The van der Waals surface area contributed by atoms with Crippen LogP contribution in [0.3, 0.4) is 0 Å². The number of halogens is 2. The molecule has 5 aromatic rings. The van der Waals surface area contributed by atoms with Crippen LogP contribution in [0, 0.1) is 5.92 Å². The largest absolute Gasteiger partial charge is 0.494 e. The molecule has 2 aromatic heterocycles. The molecule has 3 aromatic carbocycles. The van der Waals surface area contributed by atoms with E-state index in [1.54, 1.807) is 13.3 Å². The second kappa shape index (κ2) is 15.0. The van der Waals surface area contributed by atoms with Crippen LogP contribution in [0.5, 0.6) is 5.75 Å². The molecular formula is C35H42BrClN9OP. The van der Waals surface area contributed by atoms with Crippen LogP contribution in [0.2, 0.25) is 0 Å². The van der Waals surface area contributed by atoms with Gasteiger partial charge in [0.2, 0.25) is 5.95 Å². The summed E-state index contributed by atoms with van der Waals surface area (Å²) in [7, 11) is 3.28. The van der Waals surface area contributed by atoms with Crippen molar-refractivity contribution in [2.45, 2.75) is 0 Å². The molecule has 252 valence electrons. The van der Waals surface area contributed by atoms with Gasteiger partial charge in [-0.3, -0.25) is 9.58 Å². The summed E-state index contributed by atoms with van der Waals surface area (Å²) in [6, 6.07) is 17.1. The molecule has 3 N–H and O–H groups in total. The number of piperazine rings is 1. The maximum Gasteiger partial charge on any atom is 0.229 e. The van der Waals surface area contributed by atoms with Crippen molar-refractivity contribution >= 4 is 81.2 Å². The van der Waals surface area contributed by atoms with Gasteiger partial charge in [-0.2, -0.15) is 10.1 Å². The number of rotatable bonds is 10. The van der Waals surface area contributed by atoms with Crippen LogP contribution in [0.1, 0.15) is 0 Å². The number of ether oxygens (including phenoxy) is 1. The number of nitrogens with zero attached hydrogens (tertiary/aromatic N) is 6. The number of aryl methyl sites for hydroxylation is 1. The zero-order chi connectivity index (χ0) is 32.5. The molecule has 0 bridgehead atoms. The number of fused-ring (bicyclic) bond motifs is 1.